The maximum atomic E-state index is 2.30. The molecule has 1 aliphatic heterocycles. The van der Waals surface area contributed by atoms with Crippen LogP contribution in [0.1, 0.15) is 6.42 Å². The fourth-order valence-corrected chi connectivity index (χ4v) is 1.77. The number of allylic oxidation sites excluding steroid dienone is 1. The second-order valence-corrected chi connectivity index (χ2v) is 3.16. The quantitative estimate of drug-likeness (QED) is 0.433. The van der Waals surface area contributed by atoms with Crippen LogP contribution in [0.4, 0.5) is 0 Å². The van der Waals surface area contributed by atoms with Gasteiger partial charge in [-0.05, 0) is 0 Å². The van der Waals surface area contributed by atoms with Crippen molar-refractivity contribution in [3.8, 4) is 0 Å². The molecule has 0 bridgehead atoms. The average molecular weight is 133 g/mol. The van der Waals surface area contributed by atoms with Gasteiger partial charge in [0.05, 0.1) is 0 Å². The molecule has 0 atom stereocenters. The van der Waals surface area contributed by atoms with Gasteiger partial charge in [0, 0.05) is 0 Å². The molecule has 0 saturated heterocycles. The van der Waals surface area contributed by atoms with Gasteiger partial charge in [0.25, 0.3) is 0 Å². The van der Waals surface area contributed by atoms with Crippen LogP contribution in [0.3, 0.4) is 0 Å². The molecular formula is C4H6Se. The minimum atomic E-state index is 0.889. The van der Waals surface area contributed by atoms with Crippen LogP contribution in [0, 0.1) is 0 Å². The van der Waals surface area contributed by atoms with E-state index < -0.39 is 0 Å². The number of hydrogen-bond donors (Lipinski definition) is 0. The van der Waals surface area contributed by atoms with Crippen LogP contribution in [0.2, 0.25) is 5.32 Å². The van der Waals surface area contributed by atoms with E-state index in [1.54, 1.807) is 0 Å². The van der Waals surface area contributed by atoms with Gasteiger partial charge in [-0.2, -0.15) is 0 Å². The summed E-state index contributed by atoms with van der Waals surface area (Å²) in [6, 6.07) is 0. The van der Waals surface area contributed by atoms with E-state index in [0.717, 1.165) is 15.0 Å². The Bertz CT molecular complexity index is 41.6. The summed E-state index contributed by atoms with van der Waals surface area (Å²) in [5.41, 5.74) is 0. The Morgan fingerprint density at radius 1 is 1.60 bits per heavy atom. The molecule has 28 valence electrons. The van der Waals surface area contributed by atoms with Crippen LogP contribution in [0.25, 0.3) is 0 Å². The zero-order chi connectivity index (χ0) is 3.54. The third kappa shape index (κ3) is 0.786. The summed E-state index contributed by atoms with van der Waals surface area (Å²) in [6.07, 6.45) is 3.61. The average Bonchev–Trinajstić information content (AvgIpc) is 1.76. The SMILES string of the molecule is C1=C[Se]CC1. The summed E-state index contributed by atoms with van der Waals surface area (Å²) < 4.78 is 0. The summed E-state index contributed by atoms with van der Waals surface area (Å²) in [4.78, 5) is 2.30. The molecule has 1 heteroatoms. The van der Waals surface area contributed by atoms with Crippen molar-refractivity contribution in [1.29, 1.82) is 0 Å². The first-order valence-electron chi connectivity index (χ1n) is 1.77. The first kappa shape index (κ1) is 3.45. The van der Waals surface area contributed by atoms with E-state index in [0.29, 0.717) is 0 Å². The van der Waals surface area contributed by atoms with Crippen molar-refractivity contribution >= 4 is 15.0 Å². The summed E-state index contributed by atoms with van der Waals surface area (Å²) in [5.74, 6) is 0. The molecule has 0 N–H and O–H groups in total. The van der Waals surface area contributed by atoms with Gasteiger partial charge in [0.15, 0.2) is 0 Å². The second kappa shape index (κ2) is 1.64. The molecule has 1 aliphatic rings. The first-order chi connectivity index (χ1) is 2.50. The van der Waals surface area contributed by atoms with E-state index in [4.69, 9.17) is 0 Å². The predicted octanol–water partition coefficient (Wildman–Crippen LogP) is 1.03. The van der Waals surface area contributed by atoms with Crippen molar-refractivity contribution in [2.75, 3.05) is 0 Å². The van der Waals surface area contributed by atoms with Crippen LogP contribution in [-0.4, -0.2) is 15.0 Å². The summed E-state index contributed by atoms with van der Waals surface area (Å²) in [6.45, 7) is 0. The molecule has 0 amide bonds. The standard InChI is InChI=1S/C4H6Se/c1-2-4-5-3-1/h1,3H,2,4H2. The molecular weight excluding hydrogens is 127 g/mol. The molecule has 0 saturated carbocycles. The van der Waals surface area contributed by atoms with Crippen LogP contribution in [0.15, 0.2) is 11.1 Å². The molecule has 0 aromatic rings. The number of rotatable bonds is 0. The Morgan fingerprint density at radius 2 is 2.60 bits per heavy atom. The van der Waals surface area contributed by atoms with E-state index >= 15 is 0 Å². The Labute approximate surface area is 38.4 Å². The third-order valence-corrected chi connectivity index (χ3v) is 2.39. The van der Waals surface area contributed by atoms with E-state index in [2.05, 4.69) is 11.1 Å². The van der Waals surface area contributed by atoms with Crippen molar-refractivity contribution in [2.24, 2.45) is 0 Å². The predicted molar refractivity (Wildman–Crippen MR) is 24.3 cm³/mol. The summed E-state index contributed by atoms with van der Waals surface area (Å²) >= 11 is 0.889. The van der Waals surface area contributed by atoms with Crippen LogP contribution in [0.5, 0.6) is 0 Å². The zero-order valence-electron chi connectivity index (χ0n) is 2.98. The van der Waals surface area contributed by atoms with E-state index in [1.165, 1.54) is 11.7 Å². The fourth-order valence-electron chi connectivity index (χ4n) is 0.340. The Hall–Kier alpha value is 0.259. The molecule has 0 radical (unpaired) electrons. The van der Waals surface area contributed by atoms with Gasteiger partial charge in [-0.1, -0.05) is 0 Å². The summed E-state index contributed by atoms with van der Waals surface area (Å²) in [7, 11) is 0. The van der Waals surface area contributed by atoms with Gasteiger partial charge in [-0.25, -0.2) is 0 Å². The van der Waals surface area contributed by atoms with E-state index in [1.807, 2.05) is 0 Å². The van der Waals surface area contributed by atoms with Crippen molar-refractivity contribution in [1.82, 2.24) is 0 Å². The zero-order valence-corrected chi connectivity index (χ0v) is 4.69. The second-order valence-electron chi connectivity index (χ2n) is 1.03. The van der Waals surface area contributed by atoms with E-state index in [9.17, 15) is 0 Å². The normalized spacial score (nSPS) is 20.8. The topological polar surface area (TPSA) is 0 Å². The van der Waals surface area contributed by atoms with Gasteiger partial charge in [0.2, 0.25) is 0 Å². The van der Waals surface area contributed by atoms with E-state index in [-0.39, 0.29) is 0 Å². The van der Waals surface area contributed by atoms with Crippen molar-refractivity contribution in [3.63, 3.8) is 0 Å². The van der Waals surface area contributed by atoms with Crippen LogP contribution >= 0.6 is 0 Å². The summed E-state index contributed by atoms with van der Waals surface area (Å²) in [5, 5.41) is 1.45. The van der Waals surface area contributed by atoms with Crippen molar-refractivity contribution < 1.29 is 0 Å². The maximum absolute atomic E-state index is 2.30. The minimum absolute atomic E-state index is 0.889. The van der Waals surface area contributed by atoms with Gasteiger partial charge in [-0.3, -0.25) is 0 Å². The molecule has 0 aliphatic carbocycles. The Balaban J connectivity index is 2.32. The molecule has 5 heavy (non-hydrogen) atoms. The Morgan fingerprint density at radius 3 is 2.80 bits per heavy atom. The van der Waals surface area contributed by atoms with Crippen molar-refractivity contribution in [3.05, 3.63) is 11.1 Å². The molecule has 1 heterocycles. The molecule has 0 nitrogen and oxygen atoms in total. The molecule has 0 fully saturated rings. The third-order valence-electron chi connectivity index (χ3n) is 0.595. The number of hydrogen-bond acceptors (Lipinski definition) is 0. The van der Waals surface area contributed by atoms with Gasteiger partial charge >= 0.3 is 37.7 Å². The fraction of sp³-hybridized carbons (Fsp3) is 0.500. The molecule has 0 spiro atoms. The van der Waals surface area contributed by atoms with Crippen LogP contribution < -0.4 is 0 Å². The van der Waals surface area contributed by atoms with Crippen molar-refractivity contribution in [2.45, 2.75) is 11.7 Å². The molecule has 1 rings (SSSR count). The Kier molecular flexibility index (Phi) is 1.13. The van der Waals surface area contributed by atoms with Gasteiger partial charge in [-0.15, -0.1) is 0 Å². The van der Waals surface area contributed by atoms with Gasteiger partial charge < -0.3 is 0 Å². The van der Waals surface area contributed by atoms with Gasteiger partial charge in [0.1, 0.15) is 0 Å². The van der Waals surface area contributed by atoms with Crippen LogP contribution in [-0.2, 0) is 0 Å². The monoisotopic (exact) mass is 134 g/mol. The molecule has 0 aromatic carbocycles. The molecule has 0 aromatic heterocycles. The first-order valence-corrected chi connectivity index (χ1v) is 3.97. The molecule has 0 unspecified atom stereocenters.